The van der Waals surface area contributed by atoms with Crippen LogP contribution in [0.2, 0.25) is 0 Å². The fourth-order valence-electron chi connectivity index (χ4n) is 2.24. The molecule has 0 saturated carbocycles. The molecule has 0 aliphatic carbocycles. The van der Waals surface area contributed by atoms with Gasteiger partial charge in [0.2, 0.25) is 0 Å². The van der Waals surface area contributed by atoms with E-state index in [2.05, 4.69) is 27.4 Å². The van der Waals surface area contributed by atoms with Gasteiger partial charge in [0, 0.05) is 5.75 Å². The van der Waals surface area contributed by atoms with E-state index in [0.717, 1.165) is 22.1 Å². The Morgan fingerprint density at radius 2 is 2.06 bits per heavy atom. The number of H-pyrrole nitrogens is 1. The van der Waals surface area contributed by atoms with Gasteiger partial charge in [-0.05, 0) is 44.0 Å². The number of fused-ring (bicyclic) bond motifs is 1. The number of aromatic nitrogens is 2. The zero-order valence-electron chi connectivity index (χ0n) is 9.78. The van der Waals surface area contributed by atoms with Crippen LogP contribution >= 0.6 is 11.8 Å². The maximum Gasteiger partial charge on any atom is 0.166 e. The molecule has 1 fully saturated rings. The highest BCUT2D eigenvalue weighted by Crippen LogP contribution is 2.24. The molecule has 1 aromatic carbocycles. The molecule has 0 amide bonds. The first-order chi connectivity index (χ1) is 8.42. The molecule has 3 nitrogen and oxygen atoms in total. The van der Waals surface area contributed by atoms with E-state index in [1.165, 1.54) is 31.7 Å². The van der Waals surface area contributed by atoms with Crippen molar-refractivity contribution >= 4 is 22.8 Å². The first-order valence-electron chi connectivity index (χ1n) is 6.20. The van der Waals surface area contributed by atoms with Gasteiger partial charge in [-0.1, -0.05) is 23.9 Å². The predicted molar refractivity (Wildman–Crippen MR) is 72.4 cm³/mol. The molecule has 0 atom stereocenters. The van der Waals surface area contributed by atoms with Crippen LogP contribution in [-0.4, -0.2) is 28.8 Å². The molecule has 2 aromatic rings. The minimum Gasteiger partial charge on any atom is -0.333 e. The fourth-order valence-corrected chi connectivity index (χ4v) is 3.31. The largest absolute Gasteiger partial charge is 0.333 e. The second-order valence-corrected chi connectivity index (χ2v) is 5.57. The highest BCUT2D eigenvalue weighted by Gasteiger charge is 2.14. The van der Waals surface area contributed by atoms with E-state index in [1.807, 2.05) is 23.9 Å². The molecule has 0 bridgehead atoms. The molecule has 0 radical (unpaired) electrons. The number of hydrogen-bond donors (Lipinski definition) is 2. The first kappa shape index (κ1) is 11.1. The third kappa shape index (κ3) is 2.64. The summed E-state index contributed by atoms with van der Waals surface area (Å²) in [6.07, 6.45) is 2.60. The van der Waals surface area contributed by atoms with Crippen molar-refractivity contribution in [1.82, 2.24) is 15.3 Å². The van der Waals surface area contributed by atoms with E-state index in [4.69, 9.17) is 0 Å². The molecule has 1 aliphatic rings. The maximum atomic E-state index is 4.59. The quantitative estimate of drug-likeness (QED) is 0.819. The molecule has 0 unspecified atom stereocenters. The fraction of sp³-hybridized carbons (Fsp3) is 0.462. The number of benzene rings is 1. The van der Waals surface area contributed by atoms with Crippen LogP contribution in [0, 0.1) is 5.92 Å². The normalized spacial score (nSPS) is 17.6. The van der Waals surface area contributed by atoms with Crippen molar-refractivity contribution in [2.75, 3.05) is 18.8 Å². The molecule has 3 rings (SSSR count). The number of rotatable bonds is 3. The second kappa shape index (κ2) is 5.10. The highest BCUT2D eigenvalue weighted by molar-refractivity contribution is 7.99. The van der Waals surface area contributed by atoms with Crippen LogP contribution in [0.15, 0.2) is 29.4 Å². The summed E-state index contributed by atoms with van der Waals surface area (Å²) in [5.74, 6) is 2.02. The zero-order chi connectivity index (χ0) is 11.5. The Balaban J connectivity index is 1.64. The van der Waals surface area contributed by atoms with Gasteiger partial charge >= 0.3 is 0 Å². The molecule has 1 aromatic heterocycles. The van der Waals surface area contributed by atoms with Crippen LogP contribution in [0.25, 0.3) is 11.0 Å². The minimum absolute atomic E-state index is 0.842. The van der Waals surface area contributed by atoms with E-state index in [0.29, 0.717) is 0 Å². The Morgan fingerprint density at radius 1 is 1.24 bits per heavy atom. The minimum atomic E-state index is 0.842. The lowest BCUT2D eigenvalue weighted by Gasteiger charge is -2.21. The smallest absolute Gasteiger partial charge is 0.166 e. The molecule has 4 heteroatoms. The SMILES string of the molecule is c1ccc2[nH]c(SCC3CCNCC3)nc2c1. The summed E-state index contributed by atoms with van der Waals surface area (Å²) in [4.78, 5) is 7.96. The number of hydrogen-bond acceptors (Lipinski definition) is 3. The number of piperidine rings is 1. The Morgan fingerprint density at radius 3 is 2.88 bits per heavy atom. The predicted octanol–water partition coefficient (Wildman–Crippen LogP) is 2.65. The van der Waals surface area contributed by atoms with Crippen molar-refractivity contribution in [2.45, 2.75) is 18.0 Å². The van der Waals surface area contributed by atoms with Gasteiger partial charge in [-0.2, -0.15) is 0 Å². The van der Waals surface area contributed by atoms with Crippen LogP contribution in [0.1, 0.15) is 12.8 Å². The second-order valence-electron chi connectivity index (χ2n) is 4.56. The lowest BCUT2D eigenvalue weighted by Crippen LogP contribution is -2.28. The van der Waals surface area contributed by atoms with E-state index in [1.54, 1.807) is 0 Å². The molecule has 90 valence electrons. The van der Waals surface area contributed by atoms with E-state index in [9.17, 15) is 0 Å². The molecule has 1 aliphatic heterocycles. The van der Waals surface area contributed by atoms with Crippen molar-refractivity contribution in [2.24, 2.45) is 5.92 Å². The maximum absolute atomic E-state index is 4.59. The number of nitrogens with zero attached hydrogens (tertiary/aromatic N) is 1. The molecular weight excluding hydrogens is 230 g/mol. The summed E-state index contributed by atoms with van der Waals surface area (Å²) in [6, 6.07) is 8.21. The third-order valence-electron chi connectivity index (χ3n) is 3.28. The van der Waals surface area contributed by atoms with Gasteiger partial charge in [-0.15, -0.1) is 0 Å². The van der Waals surface area contributed by atoms with Crippen LogP contribution in [0.4, 0.5) is 0 Å². The van der Waals surface area contributed by atoms with Crippen LogP contribution < -0.4 is 5.32 Å². The van der Waals surface area contributed by atoms with Crippen LogP contribution in [0.3, 0.4) is 0 Å². The van der Waals surface area contributed by atoms with Gasteiger partial charge in [-0.3, -0.25) is 0 Å². The Hall–Kier alpha value is -1.00. The average molecular weight is 247 g/mol. The van der Waals surface area contributed by atoms with E-state index in [-0.39, 0.29) is 0 Å². The van der Waals surface area contributed by atoms with E-state index < -0.39 is 0 Å². The van der Waals surface area contributed by atoms with Crippen molar-refractivity contribution in [3.8, 4) is 0 Å². The monoisotopic (exact) mass is 247 g/mol. The van der Waals surface area contributed by atoms with Gasteiger partial charge in [0.15, 0.2) is 5.16 Å². The first-order valence-corrected chi connectivity index (χ1v) is 7.18. The molecule has 1 saturated heterocycles. The summed E-state index contributed by atoms with van der Waals surface area (Å²) in [5, 5.41) is 4.46. The van der Waals surface area contributed by atoms with Gasteiger partial charge in [0.1, 0.15) is 0 Å². The van der Waals surface area contributed by atoms with Crippen molar-refractivity contribution in [1.29, 1.82) is 0 Å². The molecular formula is C13H17N3S. The summed E-state index contributed by atoms with van der Waals surface area (Å²) in [7, 11) is 0. The highest BCUT2D eigenvalue weighted by atomic mass is 32.2. The number of aromatic amines is 1. The van der Waals surface area contributed by atoms with Gasteiger partial charge in [-0.25, -0.2) is 4.98 Å². The number of para-hydroxylation sites is 2. The third-order valence-corrected chi connectivity index (χ3v) is 4.39. The Kier molecular flexibility index (Phi) is 3.34. The average Bonchev–Trinajstić information content (AvgIpc) is 2.80. The van der Waals surface area contributed by atoms with Crippen LogP contribution in [-0.2, 0) is 0 Å². The van der Waals surface area contributed by atoms with Gasteiger partial charge < -0.3 is 10.3 Å². The summed E-state index contributed by atoms with van der Waals surface area (Å²) < 4.78 is 0. The van der Waals surface area contributed by atoms with Crippen LogP contribution in [0.5, 0.6) is 0 Å². The van der Waals surface area contributed by atoms with Crippen molar-refractivity contribution in [3.63, 3.8) is 0 Å². The standard InChI is InChI=1S/C13H17N3S/c1-2-4-12-11(3-1)15-13(16-12)17-9-10-5-7-14-8-6-10/h1-4,10,14H,5-9H2,(H,15,16). The number of imidazole rings is 1. The van der Waals surface area contributed by atoms with Gasteiger partial charge in [0.25, 0.3) is 0 Å². The zero-order valence-corrected chi connectivity index (χ0v) is 10.6. The molecule has 0 spiro atoms. The summed E-state index contributed by atoms with van der Waals surface area (Å²) in [5.41, 5.74) is 2.21. The molecule has 2 N–H and O–H groups in total. The van der Waals surface area contributed by atoms with E-state index >= 15 is 0 Å². The summed E-state index contributed by atoms with van der Waals surface area (Å²) in [6.45, 7) is 2.34. The molecule has 17 heavy (non-hydrogen) atoms. The Bertz CT molecular complexity index is 455. The van der Waals surface area contributed by atoms with Gasteiger partial charge in [0.05, 0.1) is 11.0 Å². The topological polar surface area (TPSA) is 40.7 Å². The molecule has 2 heterocycles. The number of nitrogens with one attached hydrogen (secondary N) is 2. The Labute approximate surface area is 105 Å². The van der Waals surface area contributed by atoms with Crippen molar-refractivity contribution in [3.05, 3.63) is 24.3 Å². The lowest BCUT2D eigenvalue weighted by molar-refractivity contribution is 0.407. The van der Waals surface area contributed by atoms with Crippen molar-refractivity contribution < 1.29 is 0 Å². The number of thioether (sulfide) groups is 1. The summed E-state index contributed by atoms with van der Waals surface area (Å²) >= 11 is 1.86. The lowest BCUT2D eigenvalue weighted by atomic mass is 10.0.